The minimum Gasteiger partial charge on any atom is -0.481 e. The number of carboxylic acid groups (broad SMARTS) is 3. The summed E-state index contributed by atoms with van der Waals surface area (Å²) in [7, 11) is 0. The molecule has 52 heavy (non-hydrogen) atoms. The number of carbonyl (C=O) groups is 10. The molecule has 0 radical (unpaired) electrons. The van der Waals surface area contributed by atoms with E-state index in [1.54, 1.807) is 13.8 Å². The first kappa shape index (κ1) is 46.6. The van der Waals surface area contributed by atoms with E-state index in [2.05, 4.69) is 26.6 Å². The van der Waals surface area contributed by atoms with Gasteiger partial charge in [0.25, 0.3) is 0 Å². The van der Waals surface area contributed by atoms with Crippen molar-refractivity contribution in [2.24, 2.45) is 17.4 Å². The highest BCUT2D eigenvalue weighted by molar-refractivity contribution is 5.98. The van der Waals surface area contributed by atoms with Gasteiger partial charge in [-0.2, -0.15) is 0 Å². The number of primary amides is 1. The molecule has 8 atom stereocenters. The Labute approximate surface area is 297 Å². The third kappa shape index (κ3) is 17.5. The minimum atomic E-state index is -1.82. The van der Waals surface area contributed by atoms with Gasteiger partial charge in [-0.05, 0) is 32.6 Å². The lowest BCUT2D eigenvalue weighted by Gasteiger charge is -2.27. The maximum absolute atomic E-state index is 13.4. The summed E-state index contributed by atoms with van der Waals surface area (Å²) in [4.78, 5) is 122. The Kier molecular flexibility index (Phi) is 20.1. The largest absolute Gasteiger partial charge is 0.481 e. The molecule has 7 amide bonds. The van der Waals surface area contributed by atoms with Gasteiger partial charge in [0.05, 0.1) is 31.6 Å². The first-order chi connectivity index (χ1) is 24.0. The van der Waals surface area contributed by atoms with E-state index in [1.165, 1.54) is 0 Å². The molecule has 0 saturated carbocycles. The van der Waals surface area contributed by atoms with Gasteiger partial charge in [-0.15, -0.1) is 0 Å². The van der Waals surface area contributed by atoms with Gasteiger partial charge < -0.3 is 68.9 Å². The lowest BCUT2D eigenvalue weighted by Crippen LogP contribution is -2.61. The smallest absolute Gasteiger partial charge is 0.328 e. The van der Waals surface area contributed by atoms with Crippen molar-refractivity contribution in [2.45, 2.75) is 108 Å². The Bertz CT molecular complexity index is 1340. The summed E-state index contributed by atoms with van der Waals surface area (Å²) in [6.45, 7) is 4.45. The van der Waals surface area contributed by atoms with Crippen LogP contribution in [-0.4, -0.2) is 140 Å². The fraction of sp³-hybridized carbons (Fsp3) is 0.655. The minimum absolute atomic E-state index is 0.122. The molecule has 0 aromatic rings. The van der Waals surface area contributed by atoms with Crippen LogP contribution in [0.25, 0.3) is 0 Å². The Morgan fingerprint density at radius 1 is 0.596 bits per heavy atom. The summed E-state index contributed by atoms with van der Waals surface area (Å²) in [5.41, 5.74) is 10.7. The summed E-state index contributed by atoms with van der Waals surface area (Å²) >= 11 is 0. The molecule has 0 fully saturated rings. The predicted octanol–water partition coefficient (Wildman–Crippen LogP) is -6.04. The van der Waals surface area contributed by atoms with Gasteiger partial charge in [0.1, 0.15) is 30.2 Å². The van der Waals surface area contributed by atoms with E-state index in [4.69, 9.17) is 21.7 Å². The second kappa shape index (κ2) is 22.4. The van der Waals surface area contributed by atoms with Crippen LogP contribution in [0, 0.1) is 5.92 Å². The van der Waals surface area contributed by atoms with E-state index in [9.17, 15) is 63.3 Å². The normalized spacial score (nSPS) is 15.5. The van der Waals surface area contributed by atoms with Gasteiger partial charge in [-0.25, -0.2) is 4.79 Å². The Balaban J connectivity index is 6.02. The molecule has 0 aromatic carbocycles. The SMILES string of the molecule is CC(C)C[C@H](NC(=O)[C@H](CC(N)=O)NC(=O)[C@H](CO)NC(=O)[C@H](C)NC(=O)[C@@H](N)CC(=O)O)C(=O)N[C@@H](CCC(=O)O)C(=O)N[C@H](C(=O)O)[C@@H](C)O. The van der Waals surface area contributed by atoms with Crippen LogP contribution in [0.5, 0.6) is 0 Å². The van der Waals surface area contributed by atoms with E-state index >= 15 is 0 Å². The van der Waals surface area contributed by atoms with Gasteiger partial charge in [-0.3, -0.25) is 43.2 Å². The van der Waals surface area contributed by atoms with Crippen LogP contribution in [0.4, 0.5) is 0 Å². The number of rotatable bonds is 24. The van der Waals surface area contributed by atoms with Crippen molar-refractivity contribution in [3.05, 3.63) is 0 Å². The van der Waals surface area contributed by atoms with Crippen molar-refractivity contribution in [2.75, 3.05) is 6.61 Å². The number of carboxylic acids is 3. The second-order valence-electron chi connectivity index (χ2n) is 12.2. The van der Waals surface area contributed by atoms with Crippen molar-refractivity contribution in [3.63, 3.8) is 0 Å². The Morgan fingerprint density at radius 2 is 1.08 bits per heavy atom. The topological polar surface area (TPSA) is 396 Å². The monoisotopic (exact) mass is 748 g/mol. The van der Waals surface area contributed by atoms with E-state index < -0.39 is 140 Å². The number of hydrogen-bond donors (Lipinski definition) is 13. The first-order valence-electron chi connectivity index (χ1n) is 15.8. The van der Waals surface area contributed by atoms with Crippen molar-refractivity contribution in [3.8, 4) is 0 Å². The summed E-state index contributed by atoms with van der Waals surface area (Å²) in [5.74, 6) is -12.5. The molecule has 0 saturated heterocycles. The fourth-order valence-electron chi connectivity index (χ4n) is 4.27. The molecule has 0 spiro atoms. The van der Waals surface area contributed by atoms with E-state index in [0.29, 0.717) is 0 Å². The second-order valence-corrected chi connectivity index (χ2v) is 12.2. The molecule has 0 aromatic heterocycles. The fourth-order valence-corrected chi connectivity index (χ4v) is 4.27. The predicted molar refractivity (Wildman–Crippen MR) is 174 cm³/mol. The number of hydrogen-bond acceptors (Lipinski definition) is 13. The summed E-state index contributed by atoms with van der Waals surface area (Å²) in [5, 5.41) is 59.5. The molecular formula is C29H48N8O15. The molecular weight excluding hydrogens is 700 g/mol. The van der Waals surface area contributed by atoms with Crippen LogP contribution in [0.15, 0.2) is 0 Å². The van der Waals surface area contributed by atoms with Crippen LogP contribution in [0.1, 0.15) is 59.8 Å². The maximum Gasteiger partial charge on any atom is 0.328 e. The molecule has 0 unspecified atom stereocenters. The van der Waals surface area contributed by atoms with Crippen LogP contribution >= 0.6 is 0 Å². The molecule has 0 bridgehead atoms. The summed E-state index contributed by atoms with van der Waals surface area (Å²) in [6, 6.07) is -11.5. The van der Waals surface area contributed by atoms with Crippen molar-refractivity contribution in [1.29, 1.82) is 0 Å². The molecule has 0 aliphatic carbocycles. The van der Waals surface area contributed by atoms with Crippen LogP contribution in [-0.2, 0) is 47.9 Å². The standard InChI is InChI=1S/C29H48N8O15/c1-11(2)7-16(26(48)33-15(5-6-20(41)42)25(47)37-22(13(4)39)29(51)52)34-27(49)17(9-19(31)40)35-28(50)18(10-38)36-23(45)12(3)32-24(46)14(30)8-21(43)44/h11-18,22,38-39H,5-10,30H2,1-4H3,(H2,31,40)(H,32,46)(H,33,48)(H,34,49)(H,35,50)(H,36,45)(H,37,47)(H,41,42)(H,43,44)(H,51,52)/t12-,13+,14-,15-,16-,17-,18-,22-/m0/s1. The van der Waals surface area contributed by atoms with Gasteiger partial charge in [0.15, 0.2) is 6.04 Å². The highest BCUT2D eigenvalue weighted by Gasteiger charge is 2.34. The van der Waals surface area contributed by atoms with E-state index in [-0.39, 0.29) is 12.3 Å². The molecule has 23 nitrogen and oxygen atoms in total. The lowest BCUT2D eigenvalue weighted by atomic mass is 10.0. The zero-order valence-corrected chi connectivity index (χ0v) is 28.9. The number of aliphatic hydroxyl groups excluding tert-OH is 2. The molecule has 0 aliphatic heterocycles. The van der Waals surface area contributed by atoms with Crippen molar-refractivity contribution < 1.29 is 73.5 Å². The Morgan fingerprint density at radius 3 is 1.54 bits per heavy atom. The van der Waals surface area contributed by atoms with E-state index in [1.807, 2.05) is 5.32 Å². The molecule has 0 heterocycles. The number of nitrogens with one attached hydrogen (secondary N) is 6. The van der Waals surface area contributed by atoms with Gasteiger partial charge in [0.2, 0.25) is 41.4 Å². The molecule has 294 valence electrons. The third-order valence-electron chi connectivity index (χ3n) is 7.00. The average molecular weight is 749 g/mol. The zero-order chi connectivity index (χ0) is 40.5. The number of carbonyl (C=O) groups excluding carboxylic acids is 7. The van der Waals surface area contributed by atoms with Gasteiger partial charge >= 0.3 is 17.9 Å². The van der Waals surface area contributed by atoms with Crippen LogP contribution in [0.3, 0.4) is 0 Å². The van der Waals surface area contributed by atoms with Crippen molar-refractivity contribution in [1.82, 2.24) is 31.9 Å². The van der Waals surface area contributed by atoms with Crippen molar-refractivity contribution >= 4 is 59.3 Å². The van der Waals surface area contributed by atoms with Gasteiger partial charge in [-0.1, -0.05) is 13.8 Å². The molecule has 23 heteroatoms. The zero-order valence-electron chi connectivity index (χ0n) is 28.9. The maximum atomic E-state index is 13.4. The number of aliphatic carboxylic acids is 3. The lowest BCUT2D eigenvalue weighted by molar-refractivity contribution is -0.145. The van der Waals surface area contributed by atoms with Crippen LogP contribution < -0.4 is 43.4 Å². The summed E-state index contributed by atoms with van der Waals surface area (Å²) in [6.07, 6.45) is -4.50. The average Bonchev–Trinajstić information content (AvgIpc) is 3.01. The molecule has 0 rings (SSSR count). The number of aliphatic hydroxyl groups is 2. The van der Waals surface area contributed by atoms with E-state index in [0.717, 1.165) is 13.8 Å². The quantitative estimate of drug-likeness (QED) is 0.0437. The van der Waals surface area contributed by atoms with Gasteiger partial charge in [0, 0.05) is 6.42 Å². The molecule has 0 aliphatic rings. The third-order valence-corrected chi connectivity index (χ3v) is 7.00. The molecule has 15 N–H and O–H groups in total. The highest BCUT2D eigenvalue weighted by Crippen LogP contribution is 2.09. The summed E-state index contributed by atoms with van der Waals surface area (Å²) < 4.78 is 0. The number of amides is 7. The Hall–Kier alpha value is -5.42. The van der Waals surface area contributed by atoms with Crippen LogP contribution in [0.2, 0.25) is 0 Å². The first-order valence-corrected chi connectivity index (χ1v) is 15.8. The number of nitrogens with two attached hydrogens (primary N) is 2. The highest BCUT2D eigenvalue weighted by atomic mass is 16.4.